The largest absolute Gasteiger partial charge is 0.323 e. The van der Waals surface area contributed by atoms with Crippen LogP contribution in [0.4, 0.5) is 11.4 Å². The minimum Gasteiger partial charge on any atom is -0.322 e. The predicted octanol–water partition coefficient (Wildman–Crippen LogP) is 3.46. The lowest BCUT2D eigenvalue weighted by atomic mass is 10.1. The van der Waals surface area contributed by atoms with Gasteiger partial charge in [-0.05, 0) is 54.6 Å². The molecule has 1 amide bonds. The van der Waals surface area contributed by atoms with Crippen molar-refractivity contribution in [3.05, 3.63) is 95.0 Å². The zero-order valence-corrected chi connectivity index (χ0v) is 17.8. The second-order valence-electron chi connectivity index (χ2n) is 7.30. The normalized spacial score (nSPS) is 11.5. The Bertz CT molecular complexity index is 1690. The number of H-pyrrole nitrogens is 2. The fraction of sp³-hybridized carbons (Fsp3) is 0. The van der Waals surface area contributed by atoms with Crippen molar-refractivity contribution in [1.82, 2.24) is 15.0 Å². The molecule has 164 valence electrons. The lowest BCUT2D eigenvalue weighted by molar-refractivity contribution is 0.102. The average Bonchev–Trinajstić information content (AvgIpc) is 3.18. The zero-order valence-electron chi connectivity index (χ0n) is 17.0. The Morgan fingerprint density at radius 2 is 1.70 bits per heavy atom. The molecule has 0 fully saturated rings. The van der Waals surface area contributed by atoms with Crippen LogP contribution >= 0.6 is 0 Å². The number of nitrogens with one attached hydrogen (secondary N) is 4. The second kappa shape index (κ2) is 7.92. The van der Waals surface area contributed by atoms with Crippen LogP contribution in [0, 0.1) is 0 Å². The summed E-state index contributed by atoms with van der Waals surface area (Å²) in [6.45, 7) is 0. The Labute approximate surface area is 187 Å². The summed E-state index contributed by atoms with van der Waals surface area (Å²) in [6.07, 6.45) is 1.69. The molecule has 2 heterocycles. The number of sulfonamides is 1. The number of anilines is 2. The molecule has 5 aromatic rings. The fourth-order valence-electron chi connectivity index (χ4n) is 3.50. The van der Waals surface area contributed by atoms with Crippen LogP contribution in [0.5, 0.6) is 0 Å². The maximum absolute atomic E-state index is 13.0. The van der Waals surface area contributed by atoms with Crippen molar-refractivity contribution in [2.24, 2.45) is 0 Å². The number of imidazole rings is 1. The van der Waals surface area contributed by atoms with Crippen LogP contribution in [0.15, 0.2) is 88.7 Å². The Morgan fingerprint density at radius 3 is 2.58 bits per heavy atom. The first-order valence-electron chi connectivity index (χ1n) is 9.89. The molecule has 2 aromatic heterocycles. The van der Waals surface area contributed by atoms with Gasteiger partial charge >= 0.3 is 5.69 Å². The molecule has 0 aliphatic rings. The molecular weight excluding hydrogens is 442 g/mol. The topological polar surface area (TPSA) is 137 Å². The molecule has 33 heavy (non-hydrogen) atoms. The summed E-state index contributed by atoms with van der Waals surface area (Å²) in [6, 6.07) is 19.5. The van der Waals surface area contributed by atoms with Gasteiger partial charge in [0.25, 0.3) is 15.9 Å². The Hall–Kier alpha value is -4.44. The summed E-state index contributed by atoms with van der Waals surface area (Å²) in [5.74, 6) is -0.470. The van der Waals surface area contributed by atoms with Crippen LogP contribution in [0.2, 0.25) is 0 Å². The van der Waals surface area contributed by atoms with Crippen LogP contribution in [0.25, 0.3) is 21.9 Å². The van der Waals surface area contributed by atoms with Crippen molar-refractivity contribution in [2.75, 3.05) is 10.0 Å². The molecular formula is C23H17N5O4S. The Morgan fingerprint density at radius 1 is 0.879 bits per heavy atom. The van der Waals surface area contributed by atoms with E-state index in [-0.39, 0.29) is 16.1 Å². The average molecular weight is 459 g/mol. The fourth-order valence-corrected chi connectivity index (χ4v) is 4.61. The number of aromatic nitrogens is 3. The molecule has 0 aliphatic heterocycles. The quantitative estimate of drug-likeness (QED) is 0.319. The summed E-state index contributed by atoms with van der Waals surface area (Å²) in [7, 11) is -4.03. The molecule has 0 atom stereocenters. The molecule has 9 nitrogen and oxygen atoms in total. The summed E-state index contributed by atoms with van der Waals surface area (Å²) in [4.78, 5) is 33.7. The number of hydrogen-bond acceptors (Lipinski definition) is 5. The van der Waals surface area contributed by atoms with E-state index in [0.29, 0.717) is 16.7 Å². The first kappa shape index (κ1) is 20.5. The second-order valence-corrected chi connectivity index (χ2v) is 8.99. The van der Waals surface area contributed by atoms with E-state index < -0.39 is 21.6 Å². The third-order valence-corrected chi connectivity index (χ3v) is 6.44. The van der Waals surface area contributed by atoms with E-state index in [1.165, 1.54) is 30.3 Å². The van der Waals surface area contributed by atoms with Crippen molar-refractivity contribution < 1.29 is 13.2 Å². The number of hydrogen-bond donors (Lipinski definition) is 4. The lowest BCUT2D eigenvalue weighted by Crippen LogP contribution is -2.18. The number of amides is 1. The highest BCUT2D eigenvalue weighted by molar-refractivity contribution is 7.92. The summed E-state index contributed by atoms with van der Waals surface area (Å²) in [5, 5.41) is 3.66. The van der Waals surface area contributed by atoms with Gasteiger partial charge in [-0.15, -0.1) is 0 Å². The van der Waals surface area contributed by atoms with Gasteiger partial charge in [-0.3, -0.25) is 14.5 Å². The highest BCUT2D eigenvalue weighted by Gasteiger charge is 2.19. The molecule has 0 aliphatic carbocycles. The van der Waals surface area contributed by atoms with Gasteiger partial charge in [-0.1, -0.05) is 18.2 Å². The van der Waals surface area contributed by atoms with Gasteiger partial charge in [0, 0.05) is 17.3 Å². The summed E-state index contributed by atoms with van der Waals surface area (Å²) < 4.78 is 28.4. The first-order chi connectivity index (χ1) is 15.9. The minimum atomic E-state index is -4.03. The highest BCUT2D eigenvalue weighted by atomic mass is 32.2. The van der Waals surface area contributed by atoms with E-state index in [2.05, 4.69) is 25.0 Å². The van der Waals surface area contributed by atoms with Gasteiger partial charge in [-0.25, -0.2) is 13.2 Å². The van der Waals surface area contributed by atoms with Crippen molar-refractivity contribution in [2.45, 2.75) is 4.90 Å². The van der Waals surface area contributed by atoms with Crippen molar-refractivity contribution in [3.63, 3.8) is 0 Å². The van der Waals surface area contributed by atoms with Gasteiger partial charge in [0.2, 0.25) is 0 Å². The predicted molar refractivity (Wildman–Crippen MR) is 126 cm³/mol. The SMILES string of the molecule is O=C(Nc1ccc2ncccc2c1)c1ccccc1NS(=O)(=O)c1ccc2[nH]c(=O)[nH]c2c1. The molecule has 0 saturated carbocycles. The molecule has 10 heteroatoms. The number of rotatable bonds is 5. The third-order valence-electron chi connectivity index (χ3n) is 5.07. The minimum absolute atomic E-state index is 0.0532. The first-order valence-corrected chi connectivity index (χ1v) is 11.4. The molecule has 0 spiro atoms. The maximum atomic E-state index is 13.0. The van der Waals surface area contributed by atoms with Crippen LogP contribution in [-0.2, 0) is 10.0 Å². The number of para-hydroxylation sites is 1. The maximum Gasteiger partial charge on any atom is 0.323 e. The molecule has 3 aromatic carbocycles. The summed E-state index contributed by atoms with van der Waals surface area (Å²) in [5.41, 5.74) is 2.05. The standard InChI is InChI=1S/C23H17N5O4S/c29-22(25-15-7-9-18-14(12-15)4-3-11-24-18)17-5-1-2-6-19(17)28-33(31,32)16-8-10-20-21(13-16)27-23(30)26-20/h1-13,28H,(H,25,29)(H2,26,27,30). The third kappa shape index (κ3) is 4.06. The van der Waals surface area contributed by atoms with Crippen LogP contribution in [-0.4, -0.2) is 29.3 Å². The van der Waals surface area contributed by atoms with E-state index >= 15 is 0 Å². The Balaban J connectivity index is 1.43. The molecule has 0 radical (unpaired) electrons. The van der Waals surface area contributed by atoms with Gasteiger partial charge in [0.05, 0.1) is 32.7 Å². The Kier molecular flexibility index (Phi) is 4.91. The molecule has 0 unspecified atom stereocenters. The van der Waals surface area contributed by atoms with Gasteiger partial charge in [0.15, 0.2) is 0 Å². The zero-order chi connectivity index (χ0) is 23.0. The lowest BCUT2D eigenvalue weighted by Gasteiger charge is -2.13. The van der Waals surface area contributed by atoms with Crippen molar-refractivity contribution >= 4 is 49.2 Å². The number of fused-ring (bicyclic) bond motifs is 2. The van der Waals surface area contributed by atoms with Crippen molar-refractivity contribution in [3.8, 4) is 0 Å². The van der Waals surface area contributed by atoms with Gasteiger partial charge in [0.1, 0.15) is 0 Å². The number of aromatic amines is 2. The van der Waals surface area contributed by atoms with E-state index in [0.717, 1.165) is 10.9 Å². The monoisotopic (exact) mass is 459 g/mol. The number of carbonyl (C=O) groups excluding carboxylic acids is 1. The van der Waals surface area contributed by atoms with E-state index in [4.69, 9.17) is 0 Å². The van der Waals surface area contributed by atoms with Gasteiger partial charge < -0.3 is 15.3 Å². The molecule has 4 N–H and O–H groups in total. The number of benzene rings is 3. The molecule has 0 bridgehead atoms. The van der Waals surface area contributed by atoms with E-state index in [9.17, 15) is 18.0 Å². The smallest absolute Gasteiger partial charge is 0.322 e. The molecule has 5 rings (SSSR count). The van der Waals surface area contributed by atoms with Crippen LogP contribution in [0.3, 0.4) is 0 Å². The van der Waals surface area contributed by atoms with Crippen LogP contribution in [0.1, 0.15) is 10.4 Å². The number of carbonyl (C=O) groups is 1. The van der Waals surface area contributed by atoms with Gasteiger partial charge in [-0.2, -0.15) is 0 Å². The number of pyridine rings is 1. The highest BCUT2D eigenvalue weighted by Crippen LogP contribution is 2.24. The summed E-state index contributed by atoms with van der Waals surface area (Å²) >= 11 is 0. The van der Waals surface area contributed by atoms with E-state index in [1.807, 2.05) is 6.07 Å². The number of nitrogens with zero attached hydrogens (tertiary/aromatic N) is 1. The van der Waals surface area contributed by atoms with Crippen molar-refractivity contribution in [1.29, 1.82) is 0 Å². The van der Waals surface area contributed by atoms with Crippen LogP contribution < -0.4 is 15.7 Å². The van der Waals surface area contributed by atoms with E-state index in [1.54, 1.807) is 42.6 Å². The molecule has 0 saturated heterocycles.